The summed E-state index contributed by atoms with van der Waals surface area (Å²) >= 11 is 0. The van der Waals surface area contributed by atoms with E-state index in [1.807, 2.05) is 0 Å². The number of rotatable bonds is 38. The van der Waals surface area contributed by atoms with Gasteiger partial charge in [0.05, 0.1) is 17.9 Å². The van der Waals surface area contributed by atoms with Gasteiger partial charge in [-0.1, -0.05) is 192 Å². The molecular formula is C42H81NO6S. The zero-order valence-corrected chi connectivity index (χ0v) is 33.5. The lowest BCUT2D eigenvalue weighted by atomic mass is 10.0. The molecule has 1 amide bonds. The minimum absolute atomic E-state index is 0.275. The maximum Gasteiger partial charge on any atom is 0.267 e. The van der Waals surface area contributed by atoms with E-state index in [2.05, 4.69) is 31.3 Å². The zero-order chi connectivity index (χ0) is 37.0. The third-order valence-corrected chi connectivity index (χ3v) is 10.5. The quantitative estimate of drug-likeness (QED) is 0.0285. The van der Waals surface area contributed by atoms with Crippen LogP contribution in [-0.2, 0) is 14.9 Å². The van der Waals surface area contributed by atoms with E-state index in [9.17, 15) is 28.0 Å². The minimum atomic E-state index is -4.44. The SMILES string of the molecule is CCCCCCCCCCCC/C=C\CCCCCCCCC(O)C(=O)NC(CS(=O)(=O)O)C(O)/C=C/CCCCCCCCCCCCC. The molecule has 0 heterocycles. The summed E-state index contributed by atoms with van der Waals surface area (Å²) in [5.74, 6) is -1.54. The van der Waals surface area contributed by atoms with Crippen molar-refractivity contribution in [1.82, 2.24) is 5.32 Å². The summed E-state index contributed by atoms with van der Waals surface area (Å²) in [6, 6.07) is -1.23. The number of hydrogen-bond acceptors (Lipinski definition) is 5. The Labute approximate surface area is 309 Å². The zero-order valence-electron chi connectivity index (χ0n) is 32.6. The Kier molecular flexibility index (Phi) is 35.3. The fraction of sp³-hybridized carbons (Fsp3) is 0.881. The highest BCUT2D eigenvalue weighted by molar-refractivity contribution is 7.85. The third-order valence-electron chi connectivity index (χ3n) is 9.73. The second kappa shape index (κ2) is 36.2. The molecule has 0 saturated carbocycles. The highest BCUT2D eigenvalue weighted by atomic mass is 32.2. The molecule has 0 aromatic rings. The van der Waals surface area contributed by atoms with Gasteiger partial charge in [-0.25, -0.2) is 0 Å². The van der Waals surface area contributed by atoms with Gasteiger partial charge in [-0.2, -0.15) is 8.42 Å². The molecule has 0 saturated heterocycles. The third kappa shape index (κ3) is 35.2. The molecule has 0 radical (unpaired) electrons. The lowest BCUT2D eigenvalue weighted by Crippen LogP contribution is -2.50. The van der Waals surface area contributed by atoms with Crippen molar-refractivity contribution < 1.29 is 28.0 Å². The fourth-order valence-electron chi connectivity index (χ4n) is 6.45. The van der Waals surface area contributed by atoms with E-state index in [0.717, 1.165) is 44.9 Å². The Hall–Kier alpha value is -1.22. The number of carbonyl (C=O) groups excluding carboxylic acids is 1. The van der Waals surface area contributed by atoms with Gasteiger partial charge >= 0.3 is 0 Å². The molecule has 0 aliphatic carbocycles. The van der Waals surface area contributed by atoms with Gasteiger partial charge in [-0.15, -0.1) is 0 Å². The van der Waals surface area contributed by atoms with E-state index in [-0.39, 0.29) is 6.42 Å². The molecule has 296 valence electrons. The van der Waals surface area contributed by atoms with E-state index >= 15 is 0 Å². The van der Waals surface area contributed by atoms with E-state index in [1.54, 1.807) is 6.08 Å². The van der Waals surface area contributed by atoms with E-state index < -0.39 is 40.0 Å². The Morgan fingerprint density at radius 3 is 1.26 bits per heavy atom. The molecule has 3 unspecified atom stereocenters. The Balaban J connectivity index is 3.99. The van der Waals surface area contributed by atoms with Gasteiger partial charge in [0.1, 0.15) is 6.10 Å². The van der Waals surface area contributed by atoms with Crippen molar-refractivity contribution in [2.24, 2.45) is 0 Å². The maximum absolute atomic E-state index is 12.6. The van der Waals surface area contributed by atoms with Crippen LogP contribution in [0.25, 0.3) is 0 Å². The second-order valence-electron chi connectivity index (χ2n) is 14.8. The van der Waals surface area contributed by atoms with Crippen LogP contribution in [-0.4, -0.2) is 53.1 Å². The maximum atomic E-state index is 12.6. The summed E-state index contributed by atoms with van der Waals surface area (Å²) in [5, 5.41) is 23.4. The van der Waals surface area contributed by atoms with Crippen molar-refractivity contribution in [3.8, 4) is 0 Å². The smallest absolute Gasteiger partial charge is 0.267 e. The molecule has 0 aliphatic rings. The van der Waals surface area contributed by atoms with Gasteiger partial charge < -0.3 is 15.5 Å². The molecule has 0 spiro atoms. The van der Waals surface area contributed by atoms with E-state index in [4.69, 9.17) is 0 Å². The van der Waals surface area contributed by atoms with E-state index in [1.165, 1.54) is 147 Å². The van der Waals surface area contributed by atoms with Crippen LogP contribution in [0.3, 0.4) is 0 Å². The number of hydrogen-bond donors (Lipinski definition) is 4. The number of aliphatic hydroxyl groups is 2. The van der Waals surface area contributed by atoms with Gasteiger partial charge in [-0.3, -0.25) is 9.35 Å². The van der Waals surface area contributed by atoms with Gasteiger partial charge in [0, 0.05) is 0 Å². The van der Waals surface area contributed by atoms with Crippen molar-refractivity contribution >= 4 is 16.0 Å². The summed E-state index contributed by atoms with van der Waals surface area (Å²) in [5.41, 5.74) is 0. The largest absolute Gasteiger partial charge is 0.387 e. The highest BCUT2D eigenvalue weighted by Crippen LogP contribution is 2.15. The molecule has 3 atom stereocenters. The Bertz CT molecular complexity index is 906. The molecule has 50 heavy (non-hydrogen) atoms. The molecule has 0 bridgehead atoms. The van der Waals surface area contributed by atoms with Crippen LogP contribution in [0.2, 0.25) is 0 Å². The minimum Gasteiger partial charge on any atom is -0.387 e. The lowest BCUT2D eigenvalue weighted by Gasteiger charge is -2.22. The first-order valence-corrected chi connectivity index (χ1v) is 22.8. The molecule has 0 fully saturated rings. The van der Waals surface area contributed by atoms with Crippen molar-refractivity contribution in [3.05, 3.63) is 24.3 Å². The number of carbonyl (C=O) groups is 1. The molecule has 0 aromatic heterocycles. The first kappa shape index (κ1) is 48.8. The Morgan fingerprint density at radius 2 is 0.880 bits per heavy atom. The summed E-state index contributed by atoms with van der Waals surface area (Å²) in [6.45, 7) is 4.50. The average Bonchev–Trinajstić information content (AvgIpc) is 3.08. The van der Waals surface area contributed by atoms with Crippen molar-refractivity contribution in [2.45, 2.75) is 231 Å². The van der Waals surface area contributed by atoms with Crippen molar-refractivity contribution in [1.29, 1.82) is 0 Å². The average molecular weight is 728 g/mol. The topological polar surface area (TPSA) is 124 Å². The van der Waals surface area contributed by atoms with Crippen LogP contribution >= 0.6 is 0 Å². The first-order valence-electron chi connectivity index (χ1n) is 21.1. The van der Waals surface area contributed by atoms with Gasteiger partial charge in [0.2, 0.25) is 5.91 Å². The molecule has 7 nitrogen and oxygen atoms in total. The molecular weight excluding hydrogens is 647 g/mol. The number of aliphatic hydroxyl groups excluding tert-OH is 2. The van der Waals surface area contributed by atoms with Crippen LogP contribution in [0.1, 0.15) is 213 Å². The van der Waals surface area contributed by atoms with Crippen LogP contribution in [0.5, 0.6) is 0 Å². The highest BCUT2D eigenvalue weighted by Gasteiger charge is 2.27. The number of allylic oxidation sites excluding steroid dienone is 3. The number of nitrogens with one attached hydrogen (secondary N) is 1. The lowest BCUT2D eigenvalue weighted by molar-refractivity contribution is -0.130. The first-order chi connectivity index (χ1) is 24.2. The van der Waals surface area contributed by atoms with Crippen molar-refractivity contribution in [2.75, 3.05) is 5.75 Å². The standard InChI is InChI=1S/C42H81NO6S/c1-3-5-7-9-11-13-15-17-18-19-20-21-22-23-25-27-29-31-33-35-37-41(45)42(46)43-39(38-50(47,48)49)40(44)36-34-32-30-28-26-24-16-14-12-10-8-6-4-2/h21-22,34,36,39-41,44-45H,3-20,23-33,35,37-38H2,1-2H3,(H,43,46)(H,47,48,49)/b22-21-,36-34+. The van der Waals surface area contributed by atoms with Crippen LogP contribution in [0, 0.1) is 0 Å². The Morgan fingerprint density at radius 1 is 0.540 bits per heavy atom. The number of amides is 1. The summed E-state index contributed by atoms with van der Waals surface area (Å²) in [6.07, 6.45) is 42.3. The van der Waals surface area contributed by atoms with E-state index in [0.29, 0.717) is 6.42 Å². The van der Waals surface area contributed by atoms with Gasteiger partial charge in [0.15, 0.2) is 0 Å². The fourth-order valence-corrected chi connectivity index (χ4v) is 7.19. The predicted molar refractivity (Wildman–Crippen MR) is 213 cm³/mol. The van der Waals surface area contributed by atoms with Gasteiger partial charge in [0.25, 0.3) is 10.1 Å². The summed E-state index contributed by atoms with van der Waals surface area (Å²) in [4.78, 5) is 12.6. The van der Waals surface area contributed by atoms with Crippen molar-refractivity contribution in [3.63, 3.8) is 0 Å². The molecule has 0 rings (SSSR count). The summed E-state index contributed by atoms with van der Waals surface area (Å²) in [7, 11) is -4.44. The van der Waals surface area contributed by atoms with Gasteiger partial charge in [-0.05, 0) is 44.9 Å². The van der Waals surface area contributed by atoms with Crippen LogP contribution in [0.15, 0.2) is 24.3 Å². The second-order valence-corrected chi connectivity index (χ2v) is 16.3. The molecule has 0 aromatic carbocycles. The molecule has 4 N–H and O–H groups in total. The monoisotopic (exact) mass is 728 g/mol. The normalized spacial score (nSPS) is 14.1. The molecule has 8 heteroatoms. The predicted octanol–water partition coefficient (Wildman–Crippen LogP) is 11.3. The van der Waals surface area contributed by atoms with Crippen LogP contribution < -0.4 is 5.32 Å². The number of unbranched alkanes of at least 4 members (excludes halogenated alkanes) is 27. The van der Waals surface area contributed by atoms with Crippen LogP contribution in [0.4, 0.5) is 0 Å². The summed E-state index contributed by atoms with van der Waals surface area (Å²) < 4.78 is 32.5. The molecule has 0 aliphatic heterocycles.